The molecule has 5 rings (SSSR count). The van der Waals surface area contributed by atoms with E-state index >= 15 is 0 Å². The molecule has 0 radical (unpaired) electrons. The molecule has 1 atom stereocenters. The Bertz CT molecular complexity index is 1200. The minimum atomic E-state index is -0.135. The average Bonchev–Trinajstić information content (AvgIpc) is 3.57. The molecular weight excluding hydrogens is 442 g/mol. The normalized spacial score (nSPS) is 18.7. The maximum absolute atomic E-state index is 13.2. The van der Waals surface area contributed by atoms with Gasteiger partial charge in [-0.3, -0.25) is 14.7 Å². The van der Waals surface area contributed by atoms with Crippen molar-refractivity contribution in [2.45, 2.75) is 70.4 Å². The van der Waals surface area contributed by atoms with Crippen LogP contribution in [-0.4, -0.2) is 56.0 Å². The van der Waals surface area contributed by atoms with E-state index in [0.717, 1.165) is 72.9 Å². The molecule has 1 saturated heterocycles. The van der Waals surface area contributed by atoms with Crippen molar-refractivity contribution in [3.8, 4) is 0 Å². The van der Waals surface area contributed by atoms with Crippen LogP contribution in [-0.2, 0) is 4.79 Å². The first kappa shape index (κ1) is 23.3. The van der Waals surface area contributed by atoms with E-state index in [2.05, 4.69) is 36.9 Å². The van der Waals surface area contributed by atoms with Crippen molar-refractivity contribution in [1.29, 1.82) is 0 Å². The Morgan fingerprint density at radius 3 is 2.77 bits per heavy atom. The highest BCUT2D eigenvalue weighted by molar-refractivity contribution is 5.92. The van der Waals surface area contributed by atoms with Crippen molar-refractivity contribution in [3.63, 3.8) is 0 Å². The maximum atomic E-state index is 13.2. The van der Waals surface area contributed by atoms with Crippen molar-refractivity contribution in [2.75, 3.05) is 18.4 Å². The number of aromatic amines is 1. The van der Waals surface area contributed by atoms with E-state index in [9.17, 15) is 9.59 Å². The number of aromatic nitrogens is 4. The second-order valence-electron chi connectivity index (χ2n) is 9.68. The van der Waals surface area contributed by atoms with E-state index < -0.39 is 0 Å². The minimum absolute atomic E-state index is 0.0840. The van der Waals surface area contributed by atoms with E-state index in [1.54, 1.807) is 6.33 Å². The third-order valence-corrected chi connectivity index (χ3v) is 7.12. The van der Waals surface area contributed by atoms with Crippen molar-refractivity contribution in [1.82, 2.24) is 30.4 Å². The zero-order chi connectivity index (χ0) is 24.2. The monoisotopic (exact) mass is 475 g/mol. The summed E-state index contributed by atoms with van der Waals surface area (Å²) in [5.41, 5.74) is 3.25. The number of anilines is 1. The number of rotatable bonds is 7. The molecule has 9 heteroatoms. The zero-order valence-electron chi connectivity index (χ0n) is 20.2. The van der Waals surface area contributed by atoms with Gasteiger partial charge in [-0.1, -0.05) is 24.5 Å². The van der Waals surface area contributed by atoms with Crippen molar-refractivity contribution < 1.29 is 9.59 Å². The van der Waals surface area contributed by atoms with Crippen molar-refractivity contribution in [3.05, 3.63) is 47.5 Å². The quantitative estimate of drug-likeness (QED) is 0.477. The highest BCUT2D eigenvalue weighted by Crippen LogP contribution is 2.31. The summed E-state index contributed by atoms with van der Waals surface area (Å²) in [6.07, 6.45) is 9.18. The summed E-state index contributed by atoms with van der Waals surface area (Å²) in [5, 5.41) is 14.7. The Morgan fingerprint density at radius 2 is 1.91 bits per heavy atom. The molecule has 3 aromatic rings. The molecule has 2 fully saturated rings. The van der Waals surface area contributed by atoms with Gasteiger partial charge in [0.25, 0.3) is 5.91 Å². The van der Waals surface area contributed by atoms with Gasteiger partial charge >= 0.3 is 0 Å². The van der Waals surface area contributed by atoms with Crippen LogP contribution in [0.3, 0.4) is 0 Å². The van der Waals surface area contributed by atoms with Crippen molar-refractivity contribution in [2.24, 2.45) is 0 Å². The first-order chi connectivity index (χ1) is 17.1. The van der Waals surface area contributed by atoms with Gasteiger partial charge in [0.1, 0.15) is 17.8 Å². The second kappa shape index (κ2) is 10.4. The lowest BCUT2D eigenvalue weighted by Gasteiger charge is -2.35. The van der Waals surface area contributed by atoms with Gasteiger partial charge in [-0.15, -0.1) is 0 Å². The predicted molar refractivity (Wildman–Crippen MR) is 134 cm³/mol. The lowest BCUT2D eigenvalue weighted by Crippen LogP contribution is -2.39. The number of fused-ring (bicyclic) bond motifs is 1. The molecule has 0 spiro atoms. The van der Waals surface area contributed by atoms with Crippen LogP contribution in [0.1, 0.15) is 79.2 Å². The SMILES string of the molecule is Cc1ccc2ncnc(NCCC(=O)N3CCCCC3c3cc(C(=O)NC4CCCC4)n[nH]3)c2c1. The first-order valence-electron chi connectivity index (χ1n) is 12.7. The fourth-order valence-electron chi connectivity index (χ4n) is 5.25. The van der Waals surface area contributed by atoms with Gasteiger partial charge in [-0.2, -0.15) is 5.10 Å². The van der Waals surface area contributed by atoms with E-state index in [1.165, 1.54) is 0 Å². The molecule has 3 heterocycles. The van der Waals surface area contributed by atoms with Gasteiger partial charge in [0.05, 0.1) is 17.3 Å². The molecule has 2 aliphatic rings. The molecule has 0 bridgehead atoms. The molecule has 1 unspecified atom stereocenters. The summed E-state index contributed by atoms with van der Waals surface area (Å²) in [5.74, 6) is 0.695. The Kier molecular flexibility index (Phi) is 6.92. The number of hydrogen-bond donors (Lipinski definition) is 3. The fourth-order valence-corrected chi connectivity index (χ4v) is 5.25. The van der Waals surface area contributed by atoms with Crippen molar-refractivity contribution >= 4 is 28.5 Å². The summed E-state index contributed by atoms with van der Waals surface area (Å²) < 4.78 is 0. The number of carbonyl (C=O) groups is 2. The second-order valence-corrected chi connectivity index (χ2v) is 9.68. The van der Waals surface area contributed by atoms with Crippen LogP contribution in [0.15, 0.2) is 30.6 Å². The smallest absolute Gasteiger partial charge is 0.271 e. The number of benzene rings is 1. The van der Waals surface area contributed by atoms with E-state index in [4.69, 9.17) is 0 Å². The van der Waals surface area contributed by atoms with E-state index in [0.29, 0.717) is 25.2 Å². The Hall–Kier alpha value is -3.49. The topological polar surface area (TPSA) is 116 Å². The third kappa shape index (κ3) is 5.28. The number of likely N-dealkylation sites (tertiary alicyclic amines) is 1. The van der Waals surface area contributed by atoms with Crippen LogP contribution >= 0.6 is 0 Å². The number of aryl methyl sites for hydroxylation is 1. The van der Waals surface area contributed by atoms with Gasteiger partial charge < -0.3 is 15.5 Å². The summed E-state index contributed by atoms with van der Waals surface area (Å²) in [6.45, 7) is 3.23. The molecule has 1 saturated carbocycles. The Balaban J connectivity index is 1.21. The molecule has 3 N–H and O–H groups in total. The molecule has 1 aromatic carbocycles. The lowest BCUT2D eigenvalue weighted by atomic mass is 9.98. The fraction of sp³-hybridized carbons (Fsp3) is 0.500. The van der Waals surface area contributed by atoms with Crippen LogP contribution in [0.25, 0.3) is 10.9 Å². The summed E-state index contributed by atoms with van der Waals surface area (Å²) in [4.78, 5) is 36.4. The van der Waals surface area contributed by atoms with Gasteiger partial charge in [-0.05, 0) is 57.2 Å². The van der Waals surface area contributed by atoms with Crippen LogP contribution in [0.4, 0.5) is 5.82 Å². The number of amides is 2. The van der Waals surface area contributed by atoms with Gasteiger partial charge in [-0.25, -0.2) is 9.97 Å². The zero-order valence-corrected chi connectivity index (χ0v) is 20.2. The molecule has 184 valence electrons. The molecule has 1 aliphatic heterocycles. The third-order valence-electron chi connectivity index (χ3n) is 7.12. The number of piperidine rings is 1. The van der Waals surface area contributed by atoms with Gasteiger partial charge in [0.15, 0.2) is 0 Å². The van der Waals surface area contributed by atoms with Gasteiger partial charge in [0.2, 0.25) is 5.91 Å². The molecule has 2 aromatic heterocycles. The van der Waals surface area contributed by atoms with E-state index in [-0.39, 0.29) is 23.9 Å². The Morgan fingerprint density at radius 1 is 1.09 bits per heavy atom. The number of H-pyrrole nitrogens is 1. The molecular formula is C26H33N7O2. The molecule has 9 nitrogen and oxygen atoms in total. The number of carbonyl (C=O) groups excluding carboxylic acids is 2. The predicted octanol–water partition coefficient (Wildman–Crippen LogP) is 3.89. The summed E-state index contributed by atoms with van der Waals surface area (Å²) in [6, 6.07) is 8.04. The maximum Gasteiger partial charge on any atom is 0.271 e. The average molecular weight is 476 g/mol. The highest BCUT2D eigenvalue weighted by Gasteiger charge is 2.30. The van der Waals surface area contributed by atoms with Crippen LogP contribution in [0.5, 0.6) is 0 Å². The van der Waals surface area contributed by atoms with Gasteiger partial charge in [0, 0.05) is 30.9 Å². The highest BCUT2D eigenvalue weighted by atomic mass is 16.2. The number of nitrogens with zero attached hydrogens (tertiary/aromatic N) is 4. The summed E-state index contributed by atoms with van der Waals surface area (Å²) in [7, 11) is 0. The molecule has 2 amide bonds. The van der Waals surface area contributed by atoms with Crippen LogP contribution in [0.2, 0.25) is 0 Å². The largest absolute Gasteiger partial charge is 0.369 e. The molecule has 1 aliphatic carbocycles. The van der Waals surface area contributed by atoms with Crippen LogP contribution in [0, 0.1) is 6.92 Å². The first-order valence-corrected chi connectivity index (χ1v) is 12.7. The number of nitrogens with one attached hydrogen (secondary N) is 3. The molecule has 35 heavy (non-hydrogen) atoms. The Labute approximate surface area is 205 Å². The summed E-state index contributed by atoms with van der Waals surface area (Å²) >= 11 is 0. The van der Waals surface area contributed by atoms with E-state index in [1.807, 2.05) is 30.0 Å². The minimum Gasteiger partial charge on any atom is -0.369 e. The standard InChI is InChI=1S/C26H33N7O2/c1-17-9-10-20-19(14-17)25(29-16-28-20)27-12-11-24(34)33-13-5-4-8-23(33)21-15-22(32-31-21)26(35)30-18-6-2-3-7-18/h9-10,14-16,18,23H,2-8,11-13H2,1H3,(H,30,35)(H,31,32)(H,27,28,29). The lowest BCUT2D eigenvalue weighted by molar-refractivity contribution is -0.134. The van der Waals surface area contributed by atoms with Crippen LogP contribution < -0.4 is 10.6 Å². The number of hydrogen-bond acceptors (Lipinski definition) is 6.